The topological polar surface area (TPSA) is 44.5 Å². The first-order valence-electron chi connectivity index (χ1n) is 6.51. The second-order valence-electron chi connectivity index (χ2n) is 4.72. The number of ether oxygens (including phenoxy) is 2. The van der Waals surface area contributed by atoms with E-state index in [9.17, 15) is 4.39 Å². The van der Waals surface area contributed by atoms with Gasteiger partial charge in [-0.15, -0.1) is 0 Å². The van der Waals surface area contributed by atoms with E-state index < -0.39 is 0 Å². The summed E-state index contributed by atoms with van der Waals surface area (Å²) in [5.41, 5.74) is 7.50. The van der Waals surface area contributed by atoms with E-state index in [2.05, 4.69) is 0 Å². The molecule has 0 saturated heterocycles. The maximum absolute atomic E-state index is 13.0. The van der Waals surface area contributed by atoms with Gasteiger partial charge >= 0.3 is 0 Å². The van der Waals surface area contributed by atoms with Gasteiger partial charge in [0.2, 0.25) is 0 Å². The highest BCUT2D eigenvalue weighted by atomic mass is 35.5. The van der Waals surface area contributed by atoms with E-state index in [0.29, 0.717) is 22.1 Å². The summed E-state index contributed by atoms with van der Waals surface area (Å²) in [4.78, 5) is 0. The zero-order valence-corrected chi connectivity index (χ0v) is 12.7. The highest BCUT2D eigenvalue weighted by Crippen LogP contribution is 2.31. The first kappa shape index (κ1) is 15.6. The van der Waals surface area contributed by atoms with Crippen molar-refractivity contribution >= 4 is 11.6 Å². The van der Waals surface area contributed by atoms with Crippen LogP contribution in [0.4, 0.5) is 4.39 Å². The van der Waals surface area contributed by atoms with Gasteiger partial charge in [-0.05, 0) is 36.8 Å². The molecule has 0 amide bonds. The molecule has 0 aliphatic rings. The van der Waals surface area contributed by atoms with Crippen LogP contribution in [0.5, 0.6) is 11.5 Å². The van der Waals surface area contributed by atoms with Crippen molar-refractivity contribution in [2.45, 2.75) is 19.6 Å². The van der Waals surface area contributed by atoms with Crippen LogP contribution in [0.2, 0.25) is 5.02 Å². The van der Waals surface area contributed by atoms with E-state index in [1.165, 1.54) is 12.1 Å². The first-order valence-corrected chi connectivity index (χ1v) is 6.89. The zero-order valence-electron chi connectivity index (χ0n) is 11.9. The zero-order chi connectivity index (χ0) is 15.4. The van der Waals surface area contributed by atoms with Gasteiger partial charge < -0.3 is 15.2 Å². The fourth-order valence-corrected chi connectivity index (χ4v) is 2.10. The Labute approximate surface area is 128 Å². The average Bonchev–Trinajstić information content (AvgIpc) is 2.46. The van der Waals surface area contributed by atoms with E-state index in [4.69, 9.17) is 26.8 Å². The summed E-state index contributed by atoms with van der Waals surface area (Å²) in [6, 6.07) is 9.65. The molecular formula is C16H17ClFNO2. The Balaban J connectivity index is 2.16. The Kier molecular flexibility index (Phi) is 5.04. The summed E-state index contributed by atoms with van der Waals surface area (Å²) in [5, 5.41) is 0.334. The molecule has 0 bridgehead atoms. The number of benzene rings is 2. The molecule has 0 heterocycles. The highest BCUT2D eigenvalue weighted by Gasteiger charge is 2.09. The SMILES string of the molecule is COc1cc([C@@H](C)N)ccc1OCc1ccc(F)cc1Cl. The van der Waals surface area contributed by atoms with Gasteiger partial charge in [0, 0.05) is 11.6 Å². The monoisotopic (exact) mass is 309 g/mol. The van der Waals surface area contributed by atoms with Crippen LogP contribution >= 0.6 is 11.6 Å². The molecule has 2 aromatic rings. The minimum absolute atomic E-state index is 0.0838. The molecule has 1 atom stereocenters. The predicted octanol–water partition coefficient (Wildman–Crippen LogP) is 4.09. The first-order chi connectivity index (χ1) is 10.0. The fourth-order valence-electron chi connectivity index (χ4n) is 1.88. The molecule has 2 aromatic carbocycles. The summed E-state index contributed by atoms with van der Waals surface area (Å²) in [7, 11) is 1.57. The van der Waals surface area contributed by atoms with Crippen LogP contribution in [0.1, 0.15) is 24.1 Å². The van der Waals surface area contributed by atoms with Gasteiger partial charge in [-0.25, -0.2) is 4.39 Å². The molecule has 3 nitrogen and oxygen atoms in total. The van der Waals surface area contributed by atoms with Crippen LogP contribution in [-0.4, -0.2) is 7.11 Å². The van der Waals surface area contributed by atoms with Gasteiger partial charge in [0.25, 0.3) is 0 Å². The average molecular weight is 310 g/mol. The number of nitrogens with two attached hydrogens (primary N) is 1. The number of rotatable bonds is 5. The van der Waals surface area contributed by atoms with Crippen molar-refractivity contribution < 1.29 is 13.9 Å². The third-order valence-corrected chi connectivity index (χ3v) is 3.46. The third kappa shape index (κ3) is 3.86. The summed E-state index contributed by atoms with van der Waals surface area (Å²) in [6.07, 6.45) is 0. The number of methoxy groups -OCH3 is 1. The normalized spacial score (nSPS) is 12.0. The third-order valence-electron chi connectivity index (χ3n) is 3.11. The molecule has 0 aliphatic heterocycles. The van der Waals surface area contributed by atoms with E-state index in [1.54, 1.807) is 19.2 Å². The van der Waals surface area contributed by atoms with Crippen molar-refractivity contribution in [2.24, 2.45) is 5.73 Å². The van der Waals surface area contributed by atoms with Gasteiger partial charge in [-0.3, -0.25) is 0 Å². The highest BCUT2D eigenvalue weighted by molar-refractivity contribution is 6.31. The van der Waals surface area contributed by atoms with E-state index in [0.717, 1.165) is 5.56 Å². The number of halogens is 2. The number of hydrogen-bond acceptors (Lipinski definition) is 3. The smallest absolute Gasteiger partial charge is 0.161 e. The minimum Gasteiger partial charge on any atom is -0.493 e. The Morgan fingerprint density at radius 3 is 2.57 bits per heavy atom. The predicted molar refractivity (Wildman–Crippen MR) is 81.3 cm³/mol. The van der Waals surface area contributed by atoms with E-state index >= 15 is 0 Å². The van der Waals surface area contributed by atoms with E-state index in [-0.39, 0.29) is 18.5 Å². The van der Waals surface area contributed by atoms with Crippen LogP contribution < -0.4 is 15.2 Å². The molecule has 2 rings (SSSR count). The lowest BCUT2D eigenvalue weighted by Gasteiger charge is -2.14. The Morgan fingerprint density at radius 1 is 1.19 bits per heavy atom. The van der Waals surface area contributed by atoms with Crippen LogP contribution in [0.15, 0.2) is 36.4 Å². The quantitative estimate of drug-likeness (QED) is 0.905. The Bertz CT molecular complexity index is 632. The van der Waals surface area contributed by atoms with Crippen molar-refractivity contribution in [2.75, 3.05) is 7.11 Å². The van der Waals surface area contributed by atoms with Crippen LogP contribution in [0.25, 0.3) is 0 Å². The summed E-state index contributed by atoms with van der Waals surface area (Å²) in [6.45, 7) is 2.13. The van der Waals surface area contributed by atoms with Gasteiger partial charge in [0.1, 0.15) is 12.4 Å². The molecule has 0 aliphatic carbocycles. The standard InChI is InChI=1S/C16H17ClFNO2/c1-10(19)11-4-6-15(16(7-11)20-2)21-9-12-3-5-13(18)8-14(12)17/h3-8,10H,9,19H2,1-2H3/t10-/m1/s1. The minimum atomic E-state index is -0.373. The Hall–Kier alpha value is -1.78. The Morgan fingerprint density at radius 2 is 1.95 bits per heavy atom. The van der Waals surface area contributed by atoms with Gasteiger partial charge in [0.15, 0.2) is 11.5 Å². The fraction of sp³-hybridized carbons (Fsp3) is 0.250. The van der Waals surface area contributed by atoms with Crippen LogP contribution in [0, 0.1) is 5.82 Å². The largest absolute Gasteiger partial charge is 0.493 e. The lowest BCUT2D eigenvalue weighted by molar-refractivity contribution is 0.284. The van der Waals surface area contributed by atoms with Gasteiger partial charge in [-0.2, -0.15) is 0 Å². The maximum atomic E-state index is 13.0. The lowest BCUT2D eigenvalue weighted by atomic mass is 10.1. The molecular weight excluding hydrogens is 293 g/mol. The van der Waals surface area contributed by atoms with Crippen molar-refractivity contribution in [3.8, 4) is 11.5 Å². The summed E-state index contributed by atoms with van der Waals surface area (Å²) < 4.78 is 24.0. The van der Waals surface area contributed by atoms with E-state index in [1.807, 2.05) is 19.1 Å². The molecule has 0 unspecified atom stereocenters. The maximum Gasteiger partial charge on any atom is 0.161 e. The van der Waals surface area contributed by atoms with Crippen LogP contribution in [-0.2, 0) is 6.61 Å². The second kappa shape index (κ2) is 6.78. The van der Waals surface area contributed by atoms with Crippen LogP contribution in [0.3, 0.4) is 0 Å². The molecule has 0 radical (unpaired) electrons. The van der Waals surface area contributed by atoms with Crippen molar-refractivity contribution in [1.29, 1.82) is 0 Å². The molecule has 5 heteroatoms. The lowest BCUT2D eigenvalue weighted by Crippen LogP contribution is -2.06. The summed E-state index contributed by atoms with van der Waals surface area (Å²) >= 11 is 5.97. The molecule has 0 spiro atoms. The second-order valence-corrected chi connectivity index (χ2v) is 5.13. The molecule has 2 N–H and O–H groups in total. The molecule has 0 fully saturated rings. The molecule has 21 heavy (non-hydrogen) atoms. The summed E-state index contributed by atoms with van der Waals surface area (Å²) in [5.74, 6) is 0.813. The van der Waals surface area contributed by atoms with Crippen molar-refractivity contribution in [3.63, 3.8) is 0 Å². The van der Waals surface area contributed by atoms with Crippen molar-refractivity contribution in [1.82, 2.24) is 0 Å². The molecule has 112 valence electrons. The number of hydrogen-bond donors (Lipinski definition) is 1. The van der Waals surface area contributed by atoms with Gasteiger partial charge in [-0.1, -0.05) is 23.7 Å². The van der Waals surface area contributed by atoms with Crippen molar-refractivity contribution in [3.05, 3.63) is 58.4 Å². The van der Waals surface area contributed by atoms with Gasteiger partial charge in [0.05, 0.1) is 12.1 Å². The molecule has 0 aromatic heterocycles. The molecule has 0 saturated carbocycles.